The number of amides is 1. The van der Waals surface area contributed by atoms with E-state index in [0.717, 1.165) is 11.8 Å². The number of carbonyl (C=O) groups excluding carboxylic acids is 1. The van der Waals surface area contributed by atoms with Gasteiger partial charge in [-0.25, -0.2) is 4.39 Å². The molecule has 0 bridgehead atoms. The van der Waals surface area contributed by atoms with E-state index in [9.17, 15) is 14.0 Å². The molecule has 1 saturated heterocycles. The molecule has 0 aromatic heterocycles. The molecule has 0 spiro atoms. The van der Waals surface area contributed by atoms with Gasteiger partial charge in [0.25, 0.3) is 5.91 Å². The minimum Gasteiger partial charge on any atom is -0.481 e. The van der Waals surface area contributed by atoms with Gasteiger partial charge in [-0.15, -0.1) is 0 Å². The molecule has 116 valence electrons. The number of halogens is 2. The van der Waals surface area contributed by atoms with Crippen LogP contribution in [0.3, 0.4) is 0 Å². The highest BCUT2D eigenvalue weighted by Gasteiger charge is 2.31. The number of thioether (sulfide) groups is 1. The van der Waals surface area contributed by atoms with Crippen LogP contribution in [0, 0.1) is 5.82 Å². The Labute approximate surface area is 140 Å². The third-order valence-electron chi connectivity index (χ3n) is 2.89. The molecule has 22 heavy (non-hydrogen) atoms. The number of thiocarbonyl (C=S) groups is 1. The van der Waals surface area contributed by atoms with Crippen LogP contribution < -0.4 is 0 Å². The van der Waals surface area contributed by atoms with E-state index in [0.29, 0.717) is 21.2 Å². The minimum atomic E-state index is -0.919. The molecule has 0 atom stereocenters. The lowest BCUT2D eigenvalue weighted by Gasteiger charge is -2.13. The molecular formula is C14H11ClFNO3S2. The number of nitrogens with zero attached hydrogens (tertiary/aromatic N) is 1. The Balaban J connectivity index is 2.11. The number of hydrogen-bond acceptors (Lipinski definition) is 4. The number of carbonyl (C=O) groups is 2. The third-order valence-corrected chi connectivity index (χ3v) is 4.57. The Bertz CT molecular complexity index is 678. The zero-order valence-electron chi connectivity index (χ0n) is 11.2. The standard InChI is InChI=1S/C14H11ClFNO3S2/c15-9-4-3-8(6-10(9)16)7-11-13(20)17(14(21)22-11)5-1-2-12(18)19/h3-4,6-7H,1-2,5H2,(H,18,19). The molecule has 1 fully saturated rings. The van der Waals surface area contributed by atoms with Crippen LogP contribution in [0.4, 0.5) is 4.39 Å². The second-order valence-corrected chi connectivity index (χ2v) is 6.59. The first-order valence-electron chi connectivity index (χ1n) is 6.30. The Morgan fingerprint density at radius 3 is 2.86 bits per heavy atom. The van der Waals surface area contributed by atoms with Gasteiger partial charge in [0.1, 0.15) is 10.1 Å². The minimum absolute atomic E-state index is 0.0124. The number of aliphatic carboxylic acids is 1. The zero-order chi connectivity index (χ0) is 16.3. The largest absolute Gasteiger partial charge is 0.481 e. The Morgan fingerprint density at radius 1 is 1.50 bits per heavy atom. The topological polar surface area (TPSA) is 57.6 Å². The number of benzene rings is 1. The van der Waals surface area contributed by atoms with Gasteiger partial charge < -0.3 is 5.11 Å². The van der Waals surface area contributed by atoms with Crippen LogP contribution in [-0.2, 0) is 9.59 Å². The molecular weight excluding hydrogens is 349 g/mol. The lowest BCUT2D eigenvalue weighted by atomic mass is 10.2. The molecule has 4 nitrogen and oxygen atoms in total. The molecule has 2 rings (SSSR count). The molecule has 1 aromatic carbocycles. The molecule has 0 saturated carbocycles. The summed E-state index contributed by atoms with van der Waals surface area (Å²) in [6.07, 6.45) is 1.83. The predicted octanol–water partition coefficient (Wildman–Crippen LogP) is 3.55. The maximum Gasteiger partial charge on any atom is 0.303 e. The summed E-state index contributed by atoms with van der Waals surface area (Å²) in [5, 5.41) is 8.63. The first-order chi connectivity index (χ1) is 10.4. The molecule has 0 unspecified atom stereocenters. The van der Waals surface area contributed by atoms with Gasteiger partial charge in [-0.2, -0.15) is 0 Å². The number of carboxylic acid groups (broad SMARTS) is 1. The van der Waals surface area contributed by atoms with Crippen LogP contribution in [0.25, 0.3) is 6.08 Å². The van der Waals surface area contributed by atoms with Gasteiger partial charge in [-0.05, 0) is 30.2 Å². The first kappa shape index (κ1) is 16.9. The van der Waals surface area contributed by atoms with E-state index in [1.165, 1.54) is 23.1 Å². The number of carboxylic acids is 1. The monoisotopic (exact) mass is 359 g/mol. The van der Waals surface area contributed by atoms with Crippen molar-refractivity contribution in [1.29, 1.82) is 0 Å². The van der Waals surface area contributed by atoms with Crippen molar-refractivity contribution in [1.82, 2.24) is 4.90 Å². The van der Waals surface area contributed by atoms with E-state index >= 15 is 0 Å². The van der Waals surface area contributed by atoms with E-state index in [1.807, 2.05) is 0 Å². The fourth-order valence-corrected chi connectivity index (χ4v) is 3.26. The number of rotatable bonds is 5. The van der Waals surface area contributed by atoms with Gasteiger partial charge in [0.2, 0.25) is 0 Å². The fraction of sp³-hybridized carbons (Fsp3) is 0.214. The summed E-state index contributed by atoms with van der Waals surface area (Å²) >= 11 is 11.8. The van der Waals surface area contributed by atoms with Crippen LogP contribution in [0.2, 0.25) is 5.02 Å². The van der Waals surface area contributed by atoms with Crippen molar-refractivity contribution in [2.24, 2.45) is 0 Å². The summed E-state index contributed by atoms with van der Waals surface area (Å²) in [5.41, 5.74) is 0.507. The molecule has 1 aliphatic heterocycles. The Hall–Kier alpha value is -1.44. The average molecular weight is 360 g/mol. The Morgan fingerprint density at radius 2 is 2.23 bits per heavy atom. The molecule has 1 heterocycles. The van der Waals surface area contributed by atoms with Crippen molar-refractivity contribution < 1.29 is 19.1 Å². The predicted molar refractivity (Wildman–Crippen MR) is 88.2 cm³/mol. The average Bonchev–Trinajstić information content (AvgIpc) is 2.70. The van der Waals surface area contributed by atoms with Gasteiger partial charge in [-0.1, -0.05) is 41.6 Å². The Kier molecular flexibility index (Phi) is 5.55. The highest BCUT2D eigenvalue weighted by Crippen LogP contribution is 2.33. The first-order valence-corrected chi connectivity index (χ1v) is 7.91. The van der Waals surface area contributed by atoms with Gasteiger partial charge in [0.05, 0.1) is 9.93 Å². The molecule has 1 aliphatic rings. The van der Waals surface area contributed by atoms with Crippen LogP contribution in [-0.4, -0.2) is 32.7 Å². The second-order valence-electron chi connectivity index (χ2n) is 4.50. The van der Waals surface area contributed by atoms with E-state index in [2.05, 4.69) is 0 Å². The van der Waals surface area contributed by atoms with Crippen molar-refractivity contribution in [3.05, 3.63) is 39.5 Å². The van der Waals surface area contributed by atoms with E-state index in [-0.39, 0.29) is 23.9 Å². The van der Waals surface area contributed by atoms with Gasteiger partial charge in [0, 0.05) is 13.0 Å². The summed E-state index contributed by atoms with van der Waals surface area (Å²) in [4.78, 5) is 24.5. The van der Waals surface area contributed by atoms with Crippen molar-refractivity contribution in [2.45, 2.75) is 12.8 Å². The summed E-state index contributed by atoms with van der Waals surface area (Å²) < 4.78 is 13.8. The molecule has 1 amide bonds. The maximum atomic E-state index is 13.4. The van der Waals surface area contributed by atoms with Crippen LogP contribution in [0.15, 0.2) is 23.1 Å². The summed E-state index contributed by atoms with van der Waals surface area (Å²) in [7, 11) is 0. The van der Waals surface area contributed by atoms with Gasteiger partial charge in [0.15, 0.2) is 0 Å². The number of hydrogen-bond donors (Lipinski definition) is 1. The lowest BCUT2D eigenvalue weighted by Crippen LogP contribution is -2.29. The van der Waals surface area contributed by atoms with Crippen molar-refractivity contribution in [3.63, 3.8) is 0 Å². The normalized spacial score (nSPS) is 16.6. The summed E-state index contributed by atoms with van der Waals surface area (Å²) in [6.45, 7) is 0.253. The highest BCUT2D eigenvalue weighted by atomic mass is 35.5. The zero-order valence-corrected chi connectivity index (χ0v) is 13.6. The maximum absolute atomic E-state index is 13.4. The quantitative estimate of drug-likeness (QED) is 0.643. The third kappa shape index (κ3) is 4.06. The summed E-state index contributed by atoms with van der Waals surface area (Å²) in [5.74, 6) is -1.78. The van der Waals surface area contributed by atoms with E-state index < -0.39 is 11.8 Å². The van der Waals surface area contributed by atoms with Gasteiger partial charge in [-0.3, -0.25) is 14.5 Å². The molecule has 0 radical (unpaired) electrons. The van der Waals surface area contributed by atoms with Crippen molar-refractivity contribution in [3.8, 4) is 0 Å². The van der Waals surface area contributed by atoms with Crippen LogP contribution in [0.5, 0.6) is 0 Å². The second kappa shape index (κ2) is 7.21. The molecule has 8 heteroatoms. The summed E-state index contributed by atoms with van der Waals surface area (Å²) in [6, 6.07) is 4.25. The SMILES string of the molecule is O=C(O)CCCN1C(=O)C(=Cc2ccc(Cl)c(F)c2)SC1=S. The molecule has 0 aliphatic carbocycles. The molecule has 1 N–H and O–H groups in total. The van der Waals surface area contributed by atoms with Crippen molar-refractivity contribution >= 4 is 57.9 Å². The van der Waals surface area contributed by atoms with Gasteiger partial charge >= 0.3 is 5.97 Å². The lowest BCUT2D eigenvalue weighted by molar-refractivity contribution is -0.137. The van der Waals surface area contributed by atoms with E-state index in [4.69, 9.17) is 28.9 Å². The highest BCUT2D eigenvalue weighted by molar-refractivity contribution is 8.26. The molecule has 1 aromatic rings. The van der Waals surface area contributed by atoms with Crippen LogP contribution >= 0.6 is 35.6 Å². The smallest absolute Gasteiger partial charge is 0.303 e. The van der Waals surface area contributed by atoms with Crippen LogP contribution in [0.1, 0.15) is 18.4 Å². The van der Waals surface area contributed by atoms with Crippen molar-refractivity contribution in [2.75, 3.05) is 6.54 Å². The fourth-order valence-electron chi connectivity index (χ4n) is 1.83. The van der Waals surface area contributed by atoms with E-state index in [1.54, 1.807) is 6.07 Å².